The van der Waals surface area contributed by atoms with E-state index in [1.807, 2.05) is 35.3 Å². The van der Waals surface area contributed by atoms with Crippen LogP contribution in [0.5, 0.6) is 0 Å². The molecule has 0 amide bonds. The van der Waals surface area contributed by atoms with Gasteiger partial charge in [0.15, 0.2) is 0 Å². The Bertz CT molecular complexity index is 774. The second kappa shape index (κ2) is 5.98. The third kappa shape index (κ3) is 2.26. The summed E-state index contributed by atoms with van der Waals surface area (Å²) in [6, 6.07) is 9.52. The first-order valence-corrected chi connectivity index (χ1v) is 8.33. The molecule has 5 rings (SSSR count). The molecule has 1 fully saturated rings. The number of hydrogen-bond acceptors (Lipinski definition) is 7. The summed E-state index contributed by atoms with van der Waals surface area (Å²) >= 11 is 0. The maximum absolute atomic E-state index is 12.5. The van der Waals surface area contributed by atoms with E-state index in [1.165, 1.54) is 14.2 Å². The molecule has 1 aromatic carbocycles. The molecule has 0 N–H and O–H groups in total. The molecule has 0 radical (unpaired) electrons. The number of fused-ring (bicyclic) bond motifs is 1. The van der Waals surface area contributed by atoms with E-state index in [2.05, 4.69) is 10.3 Å². The van der Waals surface area contributed by atoms with Gasteiger partial charge in [0, 0.05) is 11.8 Å². The summed E-state index contributed by atoms with van der Waals surface area (Å²) in [5.41, 5.74) is 1.77. The highest BCUT2D eigenvalue weighted by atomic mass is 16.5. The molecule has 2 bridgehead atoms. The van der Waals surface area contributed by atoms with E-state index in [9.17, 15) is 9.59 Å². The zero-order chi connectivity index (χ0) is 17.6. The van der Waals surface area contributed by atoms with Crippen molar-refractivity contribution in [3.05, 3.63) is 41.5 Å². The number of rotatable bonds is 3. The largest absolute Gasteiger partial charge is 0.466 e. The maximum atomic E-state index is 12.5. The molecule has 1 saturated carbocycles. The van der Waals surface area contributed by atoms with Crippen molar-refractivity contribution >= 4 is 17.6 Å². The molecule has 1 heterocycles. The Morgan fingerprint density at radius 2 is 1.60 bits per heavy atom. The molecule has 7 nitrogen and oxygen atoms in total. The Hall–Kier alpha value is -2.70. The highest BCUT2D eigenvalue weighted by Crippen LogP contribution is 2.52. The van der Waals surface area contributed by atoms with Crippen molar-refractivity contribution in [3.8, 4) is 0 Å². The Morgan fingerprint density at radius 1 is 1.00 bits per heavy atom. The average Bonchev–Trinajstić information content (AvgIpc) is 3.14. The van der Waals surface area contributed by atoms with Gasteiger partial charge in [-0.2, -0.15) is 5.11 Å². The normalized spacial score (nSPS) is 29.6. The number of nitrogens with zero attached hydrogens (tertiary/aromatic N) is 3. The van der Waals surface area contributed by atoms with Gasteiger partial charge in [0.1, 0.15) is 6.04 Å². The molecule has 4 atom stereocenters. The fourth-order valence-electron chi connectivity index (χ4n) is 4.39. The topological polar surface area (TPSA) is 80.6 Å². The lowest BCUT2D eigenvalue weighted by Crippen LogP contribution is -2.55. The van der Waals surface area contributed by atoms with E-state index in [0.29, 0.717) is 11.1 Å². The molecule has 0 unspecified atom stereocenters. The van der Waals surface area contributed by atoms with Crippen molar-refractivity contribution < 1.29 is 19.1 Å². The minimum absolute atomic E-state index is 0.0799. The molecule has 130 valence electrons. The van der Waals surface area contributed by atoms with Gasteiger partial charge in [-0.1, -0.05) is 23.4 Å². The standard InChI is InChI=1S/C18H19N3O4/c1-24-17(22)13-11-8-9-12(14(13)18(23)25-2)16-15(11)19-20-21(16)10-6-4-3-5-7-10/h3-7,11-12,15-16H,8-9H2,1-2H3/t11-,12+,15+,16-/m0/s1. The minimum Gasteiger partial charge on any atom is -0.466 e. The lowest BCUT2D eigenvalue weighted by Gasteiger charge is -2.46. The van der Waals surface area contributed by atoms with Crippen molar-refractivity contribution in [2.75, 3.05) is 19.2 Å². The molecule has 25 heavy (non-hydrogen) atoms. The van der Waals surface area contributed by atoms with Crippen molar-refractivity contribution in [2.24, 2.45) is 22.2 Å². The predicted octanol–water partition coefficient (Wildman–Crippen LogP) is 2.29. The zero-order valence-corrected chi connectivity index (χ0v) is 14.1. The second-order valence-corrected chi connectivity index (χ2v) is 6.47. The van der Waals surface area contributed by atoms with Gasteiger partial charge < -0.3 is 9.47 Å². The average molecular weight is 341 g/mol. The number of methoxy groups -OCH3 is 2. The number of hydrogen-bond donors (Lipinski definition) is 0. The highest BCUT2D eigenvalue weighted by Gasteiger charge is 2.57. The van der Waals surface area contributed by atoms with E-state index < -0.39 is 11.9 Å². The fraction of sp³-hybridized carbons (Fsp3) is 0.444. The first-order chi connectivity index (χ1) is 12.2. The molecule has 3 aliphatic carbocycles. The predicted molar refractivity (Wildman–Crippen MR) is 88.6 cm³/mol. The van der Waals surface area contributed by atoms with E-state index in [4.69, 9.17) is 9.47 Å². The second-order valence-electron chi connectivity index (χ2n) is 6.47. The SMILES string of the molecule is COC(=O)C1=C(C(=O)OC)[C@@H]2CC[C@H]1[C@H]1[C@@H]2N=NN1c1ccccc1. The minimum atomic E-state index is -0.470. The van der Waals surface area contributed by atoms with Crippen molar-refractivity contribution in [1.82, 2.24) is 0 Å². The van der Waals surface area contributed by atoms with Gasteiger partial charge in [0.25, 0.3) is 0 Å². The molecule has 0 spiro atoms. The highest BCUT2D eigenvalue weighted by molar-refractivity contribution is 6.02. The molecule has 7 heteroatoms. The van der Waals surface area contributed by atoms with Crippen LogP contribution in [0.25, 0.3) is 0 Å². The van der Waals surface area contributed by atoms with Gasteiger partial charge in [0.2, 0.25) is 0 Å². The zero-order valence-electron chi connectivity index (χ0n) is 14.1. The van der Waals surface area contributed by atoms with E-state index >= 15 is 0 Å². The summed E-state index contributed by atoms with van der Waals surface area (Å²) < 4.78 is 9.91. The quantitative estimate of drug-likeness (QED) is 0.788. The number of para-hydroxylation sites is 1. The van der Waals surface area contributed by atoms with Crippen LogP contribution in [0.15, 0.2) is 51.8 Å². The van der Waals surface area contributed by atoms with Crippen LogP contribution >= 0.6 is 0 Å². The van der Waals surface area contributed by atoms with Crippen LogP contribution in [0.3, 0.4) is 0 Å². The number of carbonyl (C=O) groups excluding carboxylic acids is 2. The third-order valence-corrected chi connectivity index (χ3v) is 5.39. The Balaban J connectivity index is 1.80. The van der Waals surface area contributed by atoms with Gasteiger partial charge in [-0.25, -0.2) is 14.6 Å². The monoisotopic (exact) mass is 341 g/mol. The van der Waals surface area contributed by atoms with Crippen molar-refractivity contribution in [3.63, 3.8) is 0 Å². The summed E-state index contributed by atoms with van der Waals surface area (Å²) in [5.74, 6) is -1.27. The lowest BCUT2D eigenvalue weighted by atomic mass is 9.61. The summed E-state index contributed by atoms with van der Waals surface area (Å²) in [7, 11) is 2.67. The molecular formula is C18H19N3O4. The van der Waals surface area contributed by atoms with Crippen LogP contribution in [0, 0.1) is 11.8 Å². The summed E-state index contributed by atoms with van der Waals surface area (Å²) in [6.07, 6.45) is 1.59. The summed E-state index contributed by atoms with van der Waals surface area (Å²) in [4.78, 5) is 24.8. The first-order valence-electron chi connectivity index (χ1n) is 8.33. The number of ether oxygens (including phenoxy) is 2. The van der Waals surface area contributed by atoms with Gasteiger partial charge >= 0.3 is 11.9 Å². The van der Waals surface area contributed by atoms with Crippen molar-refractivity contribution in [2.45, 2.75) is 24.9 Å². The van der Waals surface area contributed by atoms with E-state index in [1.54, 1.807) is 0 Å². The molecule has 0 aromatic heterocycles. The van der Waals surface area contributed by atoms with Crippen LogP contribution in [0.1, 0.15) is 12.8 Å². The summed E-state index contributed by atoms with van der Waals surface area (Å²) in [5, 5.41) is 10.7. The van der Waals surface area contributed by atoms with Gasteiger partial charge in [-0.15, -0.1) is 0 Å². The van der Waals surface area contributed by atoms with Gasteiger partial charge in [0.05, 0.1) is 37.1 Å². The Kier molecular flexibility index (Phi) is 3.78. The van der Waals surface area contributed by atoms with Crippen LogP contribution < -0.4 is 5.01 Å². The fourth-order valence-corrected chi connectivity index (χ4v) is 4.39. The third-order valence-electron chi connectivity index (χ3n) is 5.39. The Morgan fingerprint density at radius 3 is 2.24 bits per heavy atom. The van der Waals surface area contributed by atoms with Gasteiger partial charge in [-0.3, -0.25) is 0 Å². The van der Waals surface area contributed by atoms with E-state index in [-0.39, 0.29) is 23.9 Å². The smallest absolute Gasteiger partial charge is 0.334 e. The number of benzene rings is 1. The van der Waals surface area contributed by atoms with Crippen LogP contribution in [0.4, 0.5) is 5.69 Å². The number of anilines is 1. The molecule has 1 aliphatic heterocycles. The lowest BCUT2D eigenvalue weighted by molar-refractivity contribution is -0.141. The van der Waals surface area contributed by atoms with Crippen LogP contribution in [-0.4, -0.2) is 38.2 Å². The first kappa shape index (κ1) is 15.8. The van der Waals surface area contributed by atoms with Crippen LogP contribution in [-0.2, 0) is 19.1 Å². The molecule has 4 aliphatic rings. The molecular weight excluding hydrogens is 322 g/mol. The van der Waals surface area contributed by atoms with Crippen molar-refractivity contribution in [1.29, 1.82) is 0 Å². The van der Waals surface area contributed by atoms with E-state index in [0.717, 1.165) is 18.5 Å². The van der Waals surface area contributed by atoms with Crippen LogP contribution in [0.2, 0.25) is 0 Å². The maximum Gasteiger partial charge on any atom is 0.334 e. The summed E-state index contributed by atoms with van der Waals surface area (Å²) in [6.45, 7) is 0. The number of esters is 2. The Labute approximate surface area is 145 Å². The molecule has 1 aromatic rings. The number of carbonyl (C=O) groups is 2. The van der Waals surface area contributed by atoms with Gasteiger partial charge in [-0.05, 0) is 25.0 Å². The molecule has 0 saturated heterocycles.